The van der Waals surface area contributed by atoms with E-state index in [0.29, 0.717) is 39.7 Å². The predicted molar refractivity (Wildman–Crippen MR) is 130 cm³/mol. The van der Waals surface area contributed by atoms with Gasteiger partial charge in [0.2, 0.25) is 0 Å². The van der Waals surface area contributed by atoms with E-state index in [9.17, 15) is 14.0 Å². The fourth-order valence-electron chi connectivity index (χ4n) is 3.73. The highest BCUT2D eigenvalue weighted by Gasteiger charge is 2.21. The lowest BCUT2D eigenvalue weighted by molar-refractivity contribution is 0.102. The van der Waals surface area contributed by atoms with E-state index in [2.05, 4.69) is 20.8 Å². The van der Waals surface area contributed by atoms with Crippen molar-refractivity contribution in [1.82, 2.24) is 10.1 Å². The molecule has 0 aliphatic carbocycles. The third kappa shape index (κ3) is 4.39. The lowest BCUT2D eigenvalue weighted by Gasteiger charge is -2.13. The number of aryl methyl sites for hydroxylation is 1. The van der Waals surface area contributed by atoms with E-state index >= 15 is 0 Å². The number of amides is 2. The monoisotopic (exact) mass is 486 g/mol. The average molecular weight is 486 g/mol. The Hall–Kier alpha value is -4.99. The first kappa shape index (κ1) is 22.8. The molecule has 2 N–H and O–H groups in total. The molecule has 10 heteroatoms. The summed E-state index contributed by atoms with van der Waals surface area (Å²) in [6, 6.07) is 15.1. The van der Waals surface area contributed by atoms with Crippen LogP contribution in [0, 0.1) is 12.7 Å². The summed E-state index contributed by atoms with van der Waals surface area (Å²) in [6.07, 6.45) is 1.50. The molecule has 0 saturated heterocycles. The number of aromatic nitrogens is 2. The number of rotatable bonds is 6. The first-order valence-electron chi connectivity index (χ1n) is 10.8. The Bertz CT molecular complexity index is 1590. The van der Waals surface area contributed by atoms with Crippen LogP contribution in [-0.2, 0) is 0 Å². The number of carbonyl (C=O) groups is 2. The Kier molecular flexibility index (Phi) is 5.91. The van der Waals surface area contributed by atoms with Gasteiger partial charge in [-0.05, 0) is 61.5 Å². The lowest BCUT2D eigenvalue weighted by Crippen LogP contribution is -2.15. The van der Waals surface area contributed by atoms with Crippen LogP contribution in [0.4, 0.5) is 15.8 Å². The molecule has 3 aromatic heterocycles. The minimum atomic E-state index is -0.532. The number of anilines is 2. The Balaban J connectivity index is 1.46. The van der Waals surface area contributed by atoms with Crippen LogP contribution in [0.2, 0.25) is 0 Å². The highest BCUT2D eigenvalue weighted by Crippen LogP contribution is 2.31. The number of pyridine rings is 1. The maximum atomic E-state index is 13.5. The number of fused-ring (bicyclic) bond motifs is 1. The van der Waals surface area contributed by atoms with Gasteiger partial charge in [-0.1, -0.05) is 11.2 Å². The molecule has 2 amide bonds. The van der Waals surface area contributed by atoms with Gasteiger partial charge in [0.25, 0.3) is 17.5 Å². The largest absolute Gasteiger partial charge is 0.495 e. The van der Waals surface area contributed by atoms with E-state index in [1.807, 2.05) is 0 Å². The first-order chi connectivity index (χ1) is 17.4. The van der Waals surface area contributed by atoms with Crippen LogP contribution >= 0.6 is 0 Å². The fourth-order valence-corrected chi connectivity index (χ4v) is 3.73. The minimum Gasteiger partial charge on any atom is -0.495 e. The standard InChI is InChI=1S/C26H19FN4O5/c1-14-23-18(13-20(22-7-4-10-35-22)30-26(23)36-31-14)25(33)28-17-8-9-21(34-2)19(12-17)29-24(32)15-5-3-6-16(27)11-15/h3-13H,1-2H3,(H,28,33)(H,29,32). The van der Waals surface area contributed by atoms with Crippen LogP contribution in [0.25, 0.3) is 22.6 Å². The summed E-state index contributed by atoms with van der Waals surface area (Å²) in [4.78, 5) is 30.4. The van der Waals surface area contributed by atoms with Crippen molar-refractivity contribution in [2.45, 2.75) is 6.92 Å². The number of ether oxygens (including phenoxy) is 1. The number of carbonyl (C=O) groups excluding carboxylic acids is 2. The number of halogens is 1. The van der Waals surface area contributed by atoms with Crippen molar-refractivity contribution in [3.8, 4) is 17.2 Å². The van der Waals surface area contributed by atoms with Crippen molar-refractivity contribution in [3.63, 3.8) is 0 Å². The van der Waals surface area contributed by atoms with Gasteiger partial charge in [0.1, 0.15) is 17.3 Å². The third-order valence-electron chi connectivity index (χ3n) is 5.43. The maximum absolute atomic E-state index is 13.5. The van der Waals surface area contributed by atoms with Crippen molar-refractivity contribution >= 4 is 34.3 Å². The molecule has 0 atom stereocenters. The molecule has 180 valence electrons. The summed E-state index contributed by atoms with van der Waals surface area (Å²) in [5.74, 6) is -0.688. The Labute approximate surface area is 203 Å². The second-order valence-electron chi connectivity index (χ2n) is 7.81. The topological polar surface area (TPSA) is 119 Å². The minimum absolute atomic E-state index is 0.138. The zero-order chi connectivity index (χ0) is 25.2. The van der Waals surface area contributed by atoms with Crippen LogP contribution in [0.15, 0.2) is 75.9 Å². The third-order valence-corrected chi connectivity index (χ3v) is 5.43. The number of nitrogens with zero attached hydrogens (tertiary/aromatic N) is 2. The van der Waals surface area contributed by atoms with Crippen molar-refractivity contribution < 1.29 is 27.7 Å². The summed E-state index contributed by atoms with van der Waals surface area (Å²) < 4.78 is 29.6. The number of nitrogens with one attached hydrogen (secondary N) is 2. The molecule has 0 aliphatic rings. The average Bonchev–Trinajstić information content (AvgIpc) is 3.54. The molecule has 2 aromatic carbocycles. The van der Waals surface area contributed by atoms with E-state index in [4.69, 9.17) is 13.7 Å². The van der Waals surface area contributed by atoms with Crippen molar-refractivity contribution in [1.29, 1.82) is 0 Å². The molecule has 0 saturated carbocycles. The number of hydrogen-bond donors (Lipinski definition) is 2. The highest BCUT2D eigenvalue weighted by atomic mass is 19.1. The van der Waals surface area contributed by atoms with Gasteiger partial charge >= 0.3 is 0 Å². The molecule has 0 fully saturated rings. The Morgan fingerprint density at radius 2 is 1.86 bits per heavy atom. The smallest absolute Gasteiger partial charge is 0.259 e. The van der Waals surface area contributed by atoms with Gasteiger partial charge in [0.05, 0.1) is 35.7 Å². The normalized spacial score (nSPS) is 10.9. The fraction of sp³-hybridized carbons (Fsp3) is 0.0769. The number of benzene rings is 2. The molecule has 9 nitrogen and oxygen atoms in total. The molecule has 36 heavy (non-hydrogen) atoms. The second-order valence-corrected chi connectivity index (χ2v) is 7.81. The maximum Gasteiger partial charge on any atom is 0.259 e. The molecule has 3 heterocycles. The quantitative estimate of drug-likeness (QED) is 0.328. The van der Waals surface area contributed by atoms with E-state index in [-0.39, 0.29) is 16.8 Å². The van der Waals surface area contributed by atoms with Gasteiger partial charge in [-0.2, -0.15) is 0 Å². The van der Waals surface area contributed by atoms with Crippen LogP contribution < -0.4 is 15.4 Å². The van der Waals surface area contributed by atoms with E-state index in [1.165, 1.54) is 31.6 Å². The van der Waals surface area contributed by atoms with Crippen LogP contribution in [0.3, 0.4) is 0 Å². The van der Waals surface area contributed by atoms with Crippen molar-refractivity contribution in [2.75, 3.05) is 17.7 Å². The van der Waals surface area contributed by atoms with Crippen molar-refractivity contribution in [2.24, 2.45) is 0 Å². The van der Waals surface area contributed by atoms with Gasteiger partial charge in [-0.3, -0.25) is 9.59 Å². The first-order valence-corrected chi connectivity index (χ1v) is 10.8. The lowest BCUT2D eigenvalue weighted by atomic mass is 10.1. The highest BCUT2D eigenvalue weighted by molar-refractivity contribution is 6.13. The molecule has 0 aliphatic heterocycles. The van der Waals surface area contributed by atoms with Gasteiger partial charge < -0.3 is 24.3 Å². The van der Waals surface area contributed by atoms with Crippen LogP contribution in [-0.4, -0.2) is 29.1 Å². The molecular weight excluding hydrogens is 467 g/mol. The zero-order valence-corrected chi connectivity index (χ0v) is 19.2. The summed E-state index contributed by atoms with van der Waals surface area (Å²) >= 11 is 0. The number of hydrogen-bond acceptors (Lipinski definition) is 7. The molecule has 5 rings (SSSR count). The summed E-state index contributed by atoms with van der Waals surface area (Å²) in [5, 5.41) is 9.91. The molecule has 0 unspecified atom stereocenters. The van der Waals surface area contributed by atoms with Gasteiger partial charge in [-0.15, -0.1) is 0 Å². The molecule has 0 bridgehead atoms. The Morgan fingerprint density at radius 3 is 2.61 bits per heavy atom. The van der Waals surface area contributed by atoms with Crippen molar-refractivity contribution in [3.05, 3.63) is 89.6 Å². The molecule has 0 radical (unpaired) electrons. The molecule has 5 aromatic rings. The second kappa shape index (κ2) is 9.34. The summed E-state index contributed by atoms with van der Waals surface area (Å²) in [7, 11) is 1.45. The van der Waals surface area contributed by atoms with Crippen LogP contribution in [0.1, 0.15) is 26.4 Å². The molecule has 0 spiro atoms. The van der Waals surface area contributed by atoms with Crippen LogP contribution in [0.5, 0.6) is 5.75 Å². The summed E-state index contributed by atoms with van der Waals surface area (Å²) in [6.45, 7) is 1.71. The van der Waals surface area contributed by atoms with Gasteiger partial charge in [-0.25, -0.2) is 9.37 Å². The SMILES string of the molecule is COc1ccc(NC(=O)c2cc(-c3ccco3)nc3onc(C)c23)cc1NC(=O)c1cccc(F)c1. The summed E-state index contributed by atoms with van der Waals surface area (Å²) in [5.41, 5.74) is 2.21. The van der Waals surface area contributed by atoms with Gasteiger partial charge in [0, 0.05) is 11.3 Å². The number of methoxy groups -OCH3 is 1. The van der Waals surface area contributed by atoms with E-state index < -0.39 is 17.6 Å². The molecular formula is C26H19FN4O5. The zero-order valence-electron chi connectivity index (χ0n) is 19.2. The van der Waals surface area contributed by atoms with E-state index in [0.717, 1.165) is 6.07 Å². The number of furan rings is 1. The Morgan fingerprint density at radius 1 is 1.00 bits per heavy atom. The predicted octanol–water partition coefficient (Wildman–Crippen LogP) is 5.44. The van der Waals surface area contributed by atoms with Gasteiger partial charge in [0.15, 0.2) is 5.76 Å². The van der Waals surface area contributed by atoms with E-state index in [1.54, 1.807) is 43.3 Å².